The number of ether oxygens (including phenoxy) is 1. The Labute approximate surface area is 82.8 Å². The fourth-order valence-corrected chi connectivity index (χ4v) is 1.04. The Hall–Kier alpha value is -1.23. The fourth-order valence-electron chi connectivity index (χ4n) is 1.04. The SMILES string of the molecule is CN[C@@H](CCC(=O)C(=O)OC)C(C)=O. The highest BCUT2D eigenvalue weighted by atomic mass is 16.5. The van der Waals surface area contributed by atoms with Gasteiger partial charge in [0.05, 0.1) is 13.2 Å². The van der Waals surface area contributed by atoms with Crippen molar-refractivity contribution in [2.24, 2.45) is 0 Å². The molecule has 0 unspecified atom stereocenters. The molecule has 0 bridgehead atoms. The number of rotatable bonds is 6. The fraction of sp³-hybridized carbons (Fsp3) is 0.667. The van der Waals surface area contributed by atoms with Crippen molar-refractivity contribution < 1.29 is 19.1 Å². The van der Waals surface area contributed by atoms with Crippen LogP contribution in [0.2, 0.25) is 0 Å². The standard InChI is InChI=1S/C9H15NO4/c1-6(11)7(10-2)4-5-8(12)9(13)14-3/h7,10H,4-5H2,1-3H3/t7-/m0/s1. The molecule has 0 aromatic carbocycles. The summed E-state index contributed by atoms with van der Waals surface area (Å²) in [5.74, 6) is -1.51. The van der Waals surface area contributed by atoms with E-state index in [0.717, 1.165) is 7.11 Å². The van der Waals surface area contributed by atoms with E-state index in [1.165, 1.54) is 6.92 Å². The molecule has 0 aromatic heterocycles. The van der Waals surface area contributed by atoms with E-state index in [9.17, 15) is 14.4 Å². The monoisotopic (exact) mass is 201 g/mol. The van der Waals surface area contributed by atoms with Gasteiger partial charge in [-0.2, -0.15) is 0 Å². The summed E-state index contributed by atoms with van der Waals surface area (Å²) in [5, 5.41) is 2.76. The lowest BCUT2D eigenvalue weighted by atomic mass is 10.1. The molecule has 1 N–H and O–H groups in total. The first kappa shape index (κ1) is 12.8. The summed E-state index contributed by atoms with van der Waals surface area (Å²) < 4.78 is 4.24. The van der Waals surface area contributed by atoms with Gasteiger partial charge in [-0.3, -0.25) is 9.59 Å². The van der Waals surface area contributed by atoms with Gasteiger partial charge in [0.1, 0.15) is 5.78 Å². The molecular formula is C9H15NO4. The molecule has 0 aliphatic carbocycles. The number of nitrogens with one attached hydrogen (secondary N) is 1. The van der Waals surface area contributed by atoms with E-state index in [0.29, 0.717) is 6.42 Å². The van der Waals surface area contributed by atoms with E-state index in [1.807, 2.05) is 0 Å². The average Bonchev–Trinajstić information content (AvgIpc) is 2.16. The number of esters is 1. The van der Waals surface area contributed by atoms with Gasteiger partial charge >= 0.3 is 5.97 Å². The van der Waals surface area contributed by atoms with Crippen molar-refractivity contribution in [2.75, 3.05) is 14.2 Å². The normalized spacial score (nSPS) is 11.9. The van der Waals surface area contributed by atoms with E-state index >= 15 is 0 Å². The van der Waals surface area contributed by atoms with Crippen molar-refractivity contribution in [3.8, 4) is 0 Å². The molecule has 0 aliphatic rings. The van der Waals surface area contributed by atoms with E-state index in [-0.39, 0.29) is 18.2 Å². The van der Waals surface area contributed by atoms with Crippen molar-refractivity contribution in [2.45, 2.75) is 25.8 Å². The Morgan fingerprint density at radius 1 is 1.36 bits per heavy atom. The number of carbonyl (C=O) groups excluding carboxylic acids is 3. The van der Waals surface area contributed by atoms with Gasteiger partial charge < -0.3 is 10.1 Å². The molecule has 1 atom stereocenters. The predicted octanol–water partition coefficient (Wildman–Crippen LogP) is -0.314. The van der Waals surface area contributed by atoms with Gasteiger partial charge in [-0.25, -0.2) is 4.79 Å². The number of hydrogen-bond acceptors (Lipinski definition) is 5. The van der Waals surface area contributed by atoms with Crippen LogP contribution in [-0.2, 0) is 19.1 Å². The Morgan fingerprint density at radius 2 is 1.93 bits per heavy atom. The minimum Gasteiger partial charge on any atom is -0.463 e. The number of methoxy groups -OCH3 is 1. The van der Waals surface area contributed by atoms with Gasteiger partial charge in [-0.05, 0) is 20.4 Å². The second kappa shape index (κ2) is 6.26. The zero-order chi connectivity index (χ0) is 11.1. The molecule has 0 fully saturated rings. The molecule has 5 nitrogen and oxygen atoms in total. The Bertz CT molecular complexity index is 237. The molecule has 0 aliphatic heterocycles. The molecule has 0 amide bonds. The van der Waals surface area contributed by atoms with Crippen molar-refractivity contribution in [3.63, 3.8) is 0 Å². The van der Waals surface area contributed by atoms with Crippen LogP contribution in [0.5, 0.6) is 0 Å². The van der Waals surface area contributed by atoms with Crippen LogP contribution in [-0.4, -0.2) is 37.7 Å². The summed E-state index contributed by atoms with van der Waals surface area (Å²) in [6, 6.07) is -0.372. The molecule has 5 heteroatoms. The molecule has 0 spiro atoms. The Balaban J connectivity index is 3.98. The third-order valence-electron chi connectivity index (χ3n) is 1.91. The second-order valence-electron chi connectivity index (χ2n) is 2.91. The first-order valence-electron chi connectivity index (χ1n) is 4.31. The van der Waals surface area contributed by atoms with Crippen molar-refractivity contribution in [1.82, 2.24) is 5.32 Å². The molecule has 0 saturated carbocycles. The van der Waals surface area contributed by atoms with Crippen molar-refractivity contribution >= 4 is 17.5 Å². The molecule has 80 valence electrons. The number of likely N-dealkylation sites (N-methyl/N-ethyl adjacent to an activating group) is 1. The molecule has 0 radical (unpaired) electrons. The van der Waals surface area contributed by atoms with Gasteiger partial charge in [0.25, 0.3) is 0 Å². The molecule has 0 aromatic rings. The van der Waals surface area contributed by atoms with Gasteiger partial charge in [-0.15, -0.1) is 0 Å². The predicted molar refractivity (Wildman–Crippen MR) is 49.8 cm³/mol. The lowest BCUT2D eigenvalue weighted by Gasteiger charge is -2.10. The van der Waals surface area contributed by atoms with Gasteiger partial charge in [0.15, 0.2) is 0 Å². The highest BCUT2D eigenvalue weighted by Gasteiger charge is 2.18. The zero-order valence-electron chi connectivity index (χ0n) is 8.62. The number of carbonyl (C=O) groups is 3. The van der Waals surface area contributed by atoms with Crippen molar-refractivity contribution in [3.05, 3.63) is 0 Å². The van der Waals surface area contributed by atoms with E-state index < -0.39 is 11.8 Å². The van der Waals surface area contributed by atoms with Crippen LogP contribution in [0, 0.1) is 0 Å². The maximum atomic E-state index is 11.0. The van der Waals surface area contributed by atoms with Crippen LogP contribution in [0.15, 0.2) is 0 Å². The summed E-state index contributed by atoms with van der Waals surface area (Å²) in [4.78, 5) is 32.6. The van der Waals surface area contributed by atoms with Crippen LogP contribution in [0.25, 0.3) is 0 Å². The minimum absolute atomic E-state index is 0.0256. The number of hydrogen-bond donors (Lipinski definition) is 1. The van der Waals surface area contributed by atoms with Crippen LogP contribution >= 0.6 is 0 Å². The topological polar surface area (TPSA) is 72.5 Å². The summed E-state index contributed by atoms with van der Waals surface area (Å²) in [7, 11) is 2.79. The summed E-state index contributed by atoms with van der Waals surface area (Å²) >= 11 is 0. The number of Topliss-reactive ketones (excluding diaryl/α,β-unsaturated/α-hetero) is 2. The maximum Gasteiger partial charge on any atom is 0.374 e. The Morgan fingerprint density at radius 3 is 2.29 bits per heavy atom. The lowest BCUT2D eigenvalue weighted by Crippen LogP contribution is -2.33. The first-order valence-corrected chi connectivity index (χ1v) is 4.31. The maximum absolute atomic E-state index is 11.0. The molecule has 0 saturated heterocycles. The number of ketones is 2. The van der Waals surface area contributed by atoms with Crippen molar-refractivity contribution in [1.29, 1.82) is 0 Å². The highest BCUT2D eigenvalue weighted by Crippen LogP contribution is 2.00. The van der Waals surface area contributed by atoms with Gasteiger partial charge in [0.2, 0.25) is 5.78 Å². The molecular weight excluding hydrogens is 186 g/mol. The molecule has 14 heavy (non-hydrogen) atoms. The van der Waals surface area contributed by atoms with E-state index in [4.69, 9.17) is 0 Å². The average molecular weight is 201 g/mol. The zero-order valence-corrected chi connectivity index (χ0v) is 8.62. The third-order valence-corrected chi connectivity index (χ3v) is 1.91. The van der Waals surface area contributed by atoms with Crippen LogP contribution in [0.3, 0.4) is 0 Å². The first-order chi connectivity index (χ1) is 6.52. The third kappa shape index (κ3) is 4.13. The lowest BCUT2D eigenvalue weighted by molar-refractivity contribution is -0.151. The summed E-state index contributed by atoms with van der Waals surface area (Å²) in [5.41, 5.74) is 0. The second-order valence-corrected chi connectivity index (χ2v) is 2.91. The highest BCUT2D eigenvalue weighted by molar-refractivity contribution is 6.33. The summed E-state index contributed by atoms with van der Waals surface area (Å²) in [6.45, 7) is 1.43. The quantitative estimate of drug-likeness (QED) is 0.471. The molecule has 0 rings (SSSR count). The molecule has 0 heterocycles. The Kier molecular flexibility index (Phi) is 5.71. The van der Waals surface area contributed by atoms with Crippen LogP contribution in [0.1, 0.15) is 19.8 Å². The van der Waals surface area contributed by atoms with Crippen LogP contribution in [0.4, 0.5) is 0 Å². The van der Waals surface area contributed by atoms with E-state index in [1.54, 1.807) is 7.05 Å². The van der Waals surface area contributed by atoms with Crippen LogP contribution < -0.4 is 5.32 Å². The largest absolute Gasteiger partial charge is 0.463 e. The van der Waals surface area contributed by atoms with Gasteiger partial charge in [-0.1, -0.05) is 0 Å². The van der Waals surface area contributed by atoms with Gasteiger partial charge in [0, 0.05) is 6.42 Å². The minimum atomic E-state index is -0.858. The van der Waals surface area contributed by atoms with E-state index in [2.05, 4.69) is 10.1 Å². The smallest absolute Gasteiger partial charge is 0.374 e. The summed E-state index contributed by atoms with van der Waals surface area (Å²) in [6.07, 6.45) is 0.345.